The number of likely N-dealkylation sites (tertiary alicyclic amines) is 1. The largest absolute Gasteiger partial charge is 0.459 e. The lowest BCUT2D eigenvalue weighted by Gasteiger charge is -2.38. The maximum Gasteiger partial charge on any atom is 0.407 e. The summed E-state index contributed by atoms with van der Waals surface area (Å²) in [6, 6.07) is 25.1. The monoisotopic (exact) mass is 526 g/mol. The van der Waals surface area contributed by atoms with Crippen LogP contribution in [0.3, 0.4) is 0 Å². The lowest BCUT2D eigenvalue weighted by Crippen LogP contribution is -2.57. The van der Waals surface area contributed by atoms with E-state index in [9.17, 15) is 14.4 Å². The molecule has 2 aliphatic rings. The molecule has 1 aliphatic carbocycles. The molecule has 1 N–H and O–H groups in total. The normalized spacial score (nSPS) is 18.7. The molecule has 1 saturated heterocycles. The highest BCUT2D eigenvalue weighted by Crippen LogP contribution is 2.44. The van der Waals surface area contributed by atoms with Crippen molar-refractivity contribution in [2.45, 2.75) is 50.7 Å². The van der Waals surface area contributed by atoms with Crippen molar-refractivity contribution in [1.82, 2.24) is 10.2 Å². The van der Waals surface area contributed by atoms with Crippen molar-refractivity contribution >= 4 is 18.0 Å². The minimum Gasteiger partial charge on any atom is -0.459 e. The Labute approximate surface area is 229 Å². The van der Waals surface area contributed by atoms with E-state index < -0.39 is 23.7 Å². The van der Waals surface area contributed by atoms with Crippen LogP contribution in [0.5, 0.6) is 0 Å². The molecule has 0 radical (unpaired) electrons. The SMILES string of the molecule is CC(C)(C)OC(=O)CN1CC[C@H](c2ccccc2)[C@@H](NC(=O)OCC2c3ccccc3-c3ccccc32)C1=O. The van der Waals surface area contributed by atoms with Crippen LogP contribution in [-0.4, -0.2) is 54.2 Å². The number of hydrogen-bond acceptors (Lipinski definition) is 5. The van der Waals surface area contributed by atoms with E-state index >= 15 is 0 Å². The van der Waals surface area contributed by atoms with Crippen LogP contribution in [0.15, 0.2) is 78.9 Å². The molecule has 1 heterocycles. The highest BCUT2D eigenvalue weighted by Gasteiger charge is 2.40. The summed E-state index contributed by atoms with van der Waals surface area (Å²) in [7, 11) is 0. The summed E-state index contributed by atoms with van der Waals surface area (Å²) < 4.78 is 11.2. The molecule has 2 amide bonds. The molecule has 0 aromatic heterocycles. The van der Waals surface area contributed by atoms with Gasteiger partial charge in [-0.2, -0.15) is 0 Å². The van der Waals surface area contributed by atoms with Crippen LogP contribution in [0.25, 0.3) is 11.1 Å². The molecule has 1 fully saturated rings. The summed E-state index contributed by atoms with van der Waals surface area (Å²) in [6.07, 6.45) is -0.0670. The van der Waals surface area contributed by atoms with Gasteiger partial charge in [0.1, 0.15) is 24.8 Å². The smallest absolute Gasteiger partial charge is 0.407 e. The zero-order valence-electron chi connectivity index (χ0n) is 22.6. The van der Waals surface area contributed by atoms with E-state index in [1.807, 2.05) is 54.6 Å². The van der Waals surface area contributed by atoms with Gasteiger partial charge in [0.2, 0.25) is 5.91 Å². The molecule has 0 unspecified atom stereocenters. The Morgan fingerprint density at radius 1 is 0.897 bits per heavy atom. The highest BCUT2D eigenvalue weighted by atomic mass is 16.6. The maximum atomic E-state index is 13.6. The third-order valence-corrected chi connectivity index (χ3v) is 7.27. The van der Waals surface area contributed by atoms with Crippen molar-refractivity contribution < 1.29 is 23.9 Å². The lowest BCUT2D eigenvalue weighted by atomic mass is 9.84. The van der Waals surface area contributed by atoms with Crippen molar-refractivity contribution in [2.24, 2.45) is 0 Å². The number of fused-ring (bicyclic) bond motifs is 3. The van der Waals surface area contributed by atoms with Crippen LogP contribution in [0.4, 0.5) is 4.79 Å². The Bertz CT molecular complexity index is 1320. The molecule has 3 aromatic carbocycles. The van der Waals surface area contributed by atoms with Gasteiger partial charge >= 0.3 is 12.1 Å². The molecule has 202 valence electrons. The first-order valence-electron chi connectivity index (χ1n) is 13.4. The van der Waals surface area contributed by atoms with Crippen LogP contribution in [-0.2, 0) is 19.1 Å². The molecule has 5 rings (SSSR count). The number of alkyl carbamates (subject to hydrolysis) is 1. The molecule has 39 heavy (non-hydrogen) atoms. The van der Waals surface area contributed by atoms with Crippen LogP contribution in [0.1, 0.15) is 55.7 Å². The number of carbonyl (C=O) groups excluding carboxylic acids is 3. The van der Waals surface area contributed by atoms with Crippen LogP contribution < -0.4 is 5.32 Å². The average molecular weight is 527 g/mol. The summed E-state index contributed by atoms with van der Waals surface area (Å²) in [4.78, 5) is 40.7. The maximum absolute atomic E-state index is 13.6. The summed E-state index contributed by atoms with van der Waals surface area (Å²) >= 11 is 0. The molecular formula is C32H34N2O5. The molecule has 7 heteroatoms. The van der Waals surface area contributed by atoms with Gasteiger partial charge in [0.25, 0.3) is 0 Å². The van der Waals surface area contributed by atoms with Gasteiger partial charge in [-0.3, -0.25) is 9.59 Å². The predicted octanol–water partition coefficient (Wildman–Crippen LogP) is 5.25. The van der Waals surface area contributed by atoms with Crippen LogP contribution in [0.2, 0.25) is 0 Å². The Kier molecular flexibility index (Phi) is 7.42. The average Bonchev–Trinajstić information content (AvgIpc) is 3.23. The second-order valence-corrected chi connectivity index (χ2v) is 11.1. The first-order chi connectivity index (χ1) is 18.7. The molecule has 2 atom stereocenters. The standard InChI is InChI=1S/C32H34N2O5/c1-32(2,3)39-28(35)19-34-18-17-22(21-11-5-4-6-12-21)29(30(34)36)33-31(37)38-20-27-25-15-9-7-13-23(25)24-14-8-10-16-26(24)27/h4-16,22,27,29H,17-20H2,1-3H3,(H,33,37)/t22-,29-/m1/s1. The zero-order chi connectivity index (χ0) is 27.6. The fourth-order valence-electron chi connectivity index (χ4n) is 5.62. The highest BCUT2D eigenvalue weighted by molar-refractivity contribution is 5.90. The number of ether oxygens (including phenoxy) is 2. The summed E-state index contributed by atoms with van der Waals surface area (Å²) in [6.45, 7) is 5.74. The lowest BCUT2D eigenvalue weighted by molar-refractivity contribution is -0.160. The topological polar surface area (TPSA) is 84.9 Å². The fourth-order valence-corrected chi connectivity index (χ4v) is 5.62. The van der Waals surface area contributed by atoms with Crippen molar-refractivity contribution in [3.05, 3.63) is 95.6 Å². The van der Waals surface area contributed by atoms with Crippen LogP contribution in [0, 0.1) is 0 Å². The molecule has 0 saturated carbocycles. The van der Waals surface area contributed by atoms with Crippen molar-refractivity contribution in [2.75, 3.05) is 19.7 Å². The fraction of sp³-hybridized carbons (Fsp3) is 0.344. The molecule has 7 nitrogen and oxygen atoms in total. The van der Waals surface area contributed by atoms with Gasteiger partial charge in [0, 0.05) is 18.4 Å². The predicted molar refractivity (Wildman–Crippen MR) is 148 cm³/mol. The molecular weight excluding hydrogens is 492 g/mol. The number of hydrogen-bond donors (Lipinski definition) is 1. The van der Waals surface area contributed by atoms with E-state index in [-0.39, 0.29) is 30.9 Å². The quantitative estimate of drug-likeness (QED) is 0.444. The Morgan fingerprint density at radius 2 is 1.49 bits per heavy atom. The Hall–Kier alpha value is -4.13. The second kappa shape index (κ2) is 10.9. The van der Waals surface area contributed by atoms with E-state index in [0.717, 1.165) is 27.8 Å². The van der Waals surface area contributed by atoms with Gasteiger partial charge in [0.15, 0.2) is 0 Å². The number of nitrogens with one attached hydrogen (secondary N) is 1. The van der Waals surface area contributed by atoms with Gasteiger partial charge in [-0.15, -0.1) is 0 Å². The number of carbonyl (C=O) groups is 3. The van der Waals surface area contributed by atoms with Gasteiger partial charge < -0.3 is 19.7 Å². The van der Waals surface area contributed by atoms with Gasteiger partial charge in [0.05, 0.1) is 0 Å². The van der Waals surface area contributed by atoms with Crippen molar-refractivity contribution in [1.29, 1.82) is 0 Å². The van der Waals surface area contributed by atoms with Gasteiger partial charge in [-0.25, -0.2) is 4.79 Å². The minimum atomic E-state index is -0.862. The van der Waals surface area contributed by atoms with Crippen LogP contribution >= 0.6 is 0 Å². The van der Waals surface area contributed by atoms with Gasteiger partial charge in [-0.1, -0.05) is 78.9 Å². The third-order valence-electron chi connectivity index (χ3n) is 7.27. The summed E-state index contributed by atoms with van der Waals surface area (Å²) in [5.41, 5.74) is 4.82. The van der Waals surface area contributed by atoms with E-state index in [4.69, 9.17) is 9.47 Å². The molecule has 0 bridgehead atoms. The van der Waals surface area contributed by atoms with Gasteiger partial charge in [-0.05, 0) is 55.0 Å². The number of piperidine rings is 1. The summed E-state index contributed by atoms with van der Waals surface area (Å²) in [5, 5.41) is 2.84. The van der Waals surface area contributed by atoms with E-state index in [1.165, 1.54) is 4.90 Å². The number of esters is 1. The van der Waals surface area contributed by atoms with E-state index in [1.54, 1.807) is 20.8 Å². The number of amides is 2. The zero-order valence-corrected chi connectivity index (χ0v) is 22.6. The molecule has 3 aromatic rings. The third kappa shape index (κ3) is 5.82. The molecule has 1 aliphatic heterocycles. The van der Waals surface area contributed by atoms with Crippen molar-refractivity contribution in [3.63, 3.8) is 0 Å². The summed E-state index contributed by atoms with van der Waals surface area (Å²) in [5.74, 6) is -1.13. The molecule has 0 spiro atoms. The minimum absolute atomic E-state index is 0.0844. The number of nitrogens with zero attached hydrogens (tertiary/aromatic N) is 1. The first kappa shape index (κ1) is 26.5. The number of rotatable bonds is 6. The van der Waals surface area contributed by atoms with E-state index in [0.29, 0.717) is 13.0 Å². The Balaban J connectivity index is 1.31. The van der Waals surface area contributed by atoms with E-state index in [2.05, 4.69) is 29.6 Å². The Morgan fingerprint density at radius 3 is 2.10 bits per heavy atom. The first-order valence-corrected chi connectivity index (χ1v) is 13.4. The second-order valence-electron chi connectivity index (χ2n) is 11.1. The van der Waals surface area contributed by atoms with Crippen molar-refractivity contribution in [3.8, 4) is 11.1 Å². The number of benzene rings is 3.